The molecule has 11 heteroatoms. The third kappa shape index (κ3) is 3.58. The maximum absolute atomic E-state index is 14.0. The second-order valence-corrected chi connectivity index (χ2v) is 9.84. The first kappa shape index (κ1) is 21.1. The van der Waals surface area contributed by atoms with E-state index in [0.717, 1.165) is 27.4 Å². The third-order valence-electron chi connectivity index (χ3n) is 6.17. The average molecular weight is 445 g/mol. The molecule has 3 amide bonds. The van der Waals surface area contributed by atoms with Gasteiger partial charge in [-0.25, -0.2) is 26.4 Å². The molecule has 7 nitrogen and oxygen atoms in total. The summed E-state index contributed by atoms with van der Waals surface area (Å²) in [6.45, 7) is -0.199. The minimum Gasteiger partial charge on any atom is -0.334 e. The van der Waals surface area contributed by atoms with Crippen LogP contribution in [0.25, 0.3) is 0 Å². The number of piperidine rings is 1. The molecule has 3 unspecified atom stereocenters. The molecule has 30 heavy (non-hydrogen) atoms. The zero-order valence-electron chi connectivity index (χ0n) is 16.1. The van der Waals surface area contributed by atoms with Gasteiger partial charge in [0.15, 0.2) is 4.90 Å². The van der Waals surface area contributed by atoms with Crippen molar-refractivity contribution >= 4 is 22.0 Å². The Labute approximate surface area is 172 Å². The molecule has 3 aliphatic rings. The molecule has 2 aliphatic heterocycles. The first-order chi connectivity index (χ1) is 14.2. The molecular formula is C19H22F3N3O4S. The highest BCUT2D eigenvalue weighted by Gasteiger charge is 2.47. The van der Waals surface area contributed by atoms with E-state index < -0.39 is 56.6 Å². The van der Waals surface area contributed by atoms with Crippen LogP contribution in [-0.4, -0.2) is 60.9 Å². The van der Waals surface area contributed by atoms with Crippen LogP contribution in [-0.2, 0) is 14.8 Å². The highest BCUT2D eigenvalue weighted by Crippen LogP contribution is 2.34. The summed E-state index contributed by atoms with van der Waals surface area (Å²) in [5.74, 6) is -3.41. The largest absolute Gasteiger partial charge is 0.334 e. The van der Waals surface area contributed by atoms with E-state index in [-0.39, 0.29) is 38.4 Å². The summed E-state index contributed by atoms with van der Waals surface area (Å²) in [4.78, 5) is 25.4. The Morgan fingerprint density at radius 1 is 1.00 bits per heavy atom. The first-order valence-electron chi connectivity index (χ1n) is 9.92. The van der Waals surface area contributed by atoms with Gasteiger partial charge in [0, 0.05) is 25.2 Å². The topological polar surface area (TPSA) is 86.8 Å². The Morgan fingerprint density at radius 3 is 2.27 bits per heavy atom. The van der Waals surface area contributed by atoms with Gasteiger partial charge >= 0.3 is 6.03 Å². The summed E-state index contributed by atoms with van der Waals surface area (Å²) in [5.41, 5.74) is 0. The molecule has 1 aromatic rings. The number of urea groups is 1. The van der Waals surface area contributed by atoms with E-state index in [2.05, 4.69) is 5.32 Å². The molecule has 2 saturated heterocycles. The Bertz CT molecular complexity index is 946. The van der Waals surface area contributed by atoms with E-state index in [1.807, 2.05) is 0 Å². The van der Waals surface area contributed by atoms with Gasteiger partial charge in [0.05, 0.1) is 5.92 Å². The number of nitrogens with one attached hydrogen (secondary N) is 1. The Hall–Kier alpha value is -2.14. The van der Waals surface area contributed by atoms with Crippen molar-refractivity contribution in [3.8, 4) is 0 Å². The minimum atomic E-state index is -4.40. The maximum atomic E-state index is 14.0. The van der Waals surface area contributed by atoms with Gasteiger partial charge in [0.25, 0.3) is 0 Å². The molecule has 0 aromatic heterocycles. The van der Waals surface area contributed by atoms with Crippen LogP contribution in [0.1, 0.15) is 32.1 Å². The molecule has 1 aliphatic carbocycles. The number of imide groups is 1. The number of alkyl halides is 1. The lowest BCUT2D eigenvalue weighted by atomic mass is 9.80. The second kappa shape index (κ2) is 7.84. The number of hydrogen-bond donors (Lipinski definition) is 1. The summed E-state index contributed by atoms with van der Waals surface area (Å²) < 4.78 is 68.1. The molecule has 0 radical (unpaired) electrons. The summed E-state index contributed by atoms with van der Waals surface area (Å²) in [6, 6.07) is 1.33. The van der Waals surface area contributed by atoms with E-state index in [0.29, 0.717) is 12.8 Å². The normalized spacial score (nSPS) is 28.9. The molecule has 3 atom stereocenters. The molecular weight excluding hydrogens is 423 g/mol. The standard InChI is InChI=1S/C19H22F3N3O4S/c20-11-4-5-16-13(10-11)18(26)25(19(27)23-16)12-6-8-24(9-7-12)30(28,29)17-14(21)2-1-3-15(17)22/h1-3,11-13,16H,4-10H2,(H,23,27). The van der Waals surface area contributed by atoms with Gasteiger partial charge in [-0.15, -0.1) is 0 Å². The van der Waals surface area contributed by atoms with Crippen molar-refractivity contribution in [1.29, 1.82) is 0 Å². The monoisotopic (exact) mass is 445 g/mol. The van der Waals surface area contributed by atoms with Crippen LogP contribution in [0.2, 0.25) is 0 Å². The summed E-state index contributed by atoms with van der Waals surface area (Å²) in [5, 5.41) is 2.77. The fourth-order valence-electron chi connectivity index (χ4n) is 4.62. The van der Waals surface area contributed by atoms with E-state index in [1.54, 1.807) is 0 Å². The van der Waals surface area contributed by atoms with Gasteiger partial charge in [0.1, 0.15) is 17.8 Å². The molecule has 0 bridgehead atoms. The van der Waals surface area contributed by atoms with Crippen molar-refractivity contribution in [1.82, 2.24) is 14.5 Å². The predicted molar refractivity (Wildman–Crippen MR) is 99.5 cm³/mol. The highest BCUT2D eigenvalue weighted by atomic mass is 32.2. The van der Waals surface area contributed by atoms with Gasteiger partial charge in [-0.2, -0.15) is 4.31 Å². The van der Waals surface area contributed by atoms with Crippen LogP contribution < -0.4 is 5.32 Å². The lowest BCUT2D eigenvalue weighted by Gasteiger charge is -2.45. The van der Waals surface area contributed by atoms with Gasteiger partial charge in [-0.1, -0.05) is 6.07 Å². The van der Waals surface area contributed by atoms with Crippen LogP contribution in [0.15, 0.2) is 23.1 Å². The number of hydrogen-bond acceptors (Lipinski definition) is 4. The summed E-state index contributed by atoms with van der Waals surface area (Å²) in [7, 11) is -4.40. The van der Waals surface area contributed by atoms with E-state index >= 15 is 0 Å². The van der Waals surface area contributed by atoms with Crippen LogP contribution in [0, 0.1) is 17.6 Å². The Kier molecular flexibility index (Phi) is 5.52. The van der Waals surface area contributed by atoms with Gasteiger partial charge < -0.3 is 5.32 Å². The van der Waals surface area contributed by atoms with Gasteiger partial charge in [0.2, 0.25) is 15.9 Å². The average Bonchev–Trinajstić information content (AvgIpc) is 2.69. The maximum Gasteiger partial charge on any atom is 0.324 e. The number of fused-ring (bicyclic) bond motifs is 1. The van der Waals surface area contributed by atoms with Crippen molar-refractivity contribution in [3.05, 3.63) is 29.8 Å². The number of halogens is 3. The number of rotatable bonds is 3. The zero-order valence-corrected chi connectivity index (χ0v) is 16.9. The summed E-state index contributed by atoms with van der Waals surface area (Å²) >= 11 is 0. The Morgan fingerprint density at radius 2 is 1.63 bits per heavy atom. The van der Waals surface area contributed by atoms with Crippen LogP contribution in [0.3, 0.4) is 0 Å². The lowest BCUT2D eigenvalue weighted by molar-refractivity contribution is -0.140. The summed E-state index contributed by atoms with van der Waals surface area (Å²) in [6.07, 6.45) is -0.0649. The van der Waals surface area contributed by atoms with Crippen LogP contribution in [0.4, 0.5) is 18.0 Å². The quantitative estimate of drug-likeness (QED) is 0.773. The van der Waals surface area contributed by atoms with E-state index in [4.69, 9.17) is 0 Å². The van der Waals surface area contributed by atoms with Crippen molar-refractivity contribution in [2.75, 3.05) is 13.1 Å². The highest BCUT2D eigenvalue weighted by molar-refractivity contribution is 7.89. The molecule has 164 valence electrons. The minimum absolute atomic E-state index is 0.0556. The third-order valence-corrected chi connectivity index (χ3v) is 8.12. The lowest BCUT2D eigenvalue weighted by Crippen LogP contribution is -2.65. The number of sulfonamides is 1. The molecule has 0 spiro atoms. The van der Waals surface area contributed by atoms with Crippen molar-refractivity contribution < 1.29 is 31.2 Å². The van der Waals surface area contributed by atoms with Gasteiger partial charge in [-0.3, -0.25) is 9.69 Å². The fraction of sp³-hybridized carbons (Fsp3) is 0.579. The van der Waals surface area contributed by atoms with Crippen molar-refractivity contribution in [2.45, 2.75) is 55.3 Å². The fourth-order valence-corrected chi connectivity index (χ4v) is 6.20. The molecule has 2 heterocycles. The smallest absolute Gasteiger partial charge is 0.324 e. The van der Waals surface area contributed by atoms with Crippen molar-refractivity contribution in [2.24, 2.45) is 5.92 Å². The molecule has 1 aromatic carbocycles. The molecule has 1 saturated carbocycles. The number of carbonyl (C=O) groups excluding carboxylic acids is 2. The molecule has 4 rings (SSSR count). The first-order valence-corrected chi connectivity index (χ1v) is 11.4. The molecule has 3 fully saturated rings. The number of carbonyl (C=O) groups is 2. The number of nitrogens with zero attached hydrogens (tertiary/aromatic N) is 2. The predicted octanol–water partition coefficient (Wildman–Crippen LogP) is 2.18. The molecule has 1 N–H and O–H groups in total. The van der Waals surface area contributed by atoms with E-state index in [1.165, 1.54) is 0 Å². The Balaban J connectivity index is 1.48. The van der Waals surface area contributed by atoms with Crippen molar-refractivity contribution in [3.63, 3.8) is 0 Å². The zero-order chi connectivity index (χ0) is 21.6. The van der Waals surface area contributed by atoms with Crippen LogP contribution in [0.5, 0.6) is 0 Å². The SMILES string of the molecule is O=C1NC2CCC(F)CC2C(=O)N1C1CCN(S(=O)(=O)c2c(F)cccc2F)CC1. The number of benzene rings is 1. The van der Waals surface area contributed by atoms with E-state index in [9.17, 15) is 31.2 Å². The van der Waals surface area contributed by atoms with Gasteiger partial charge in [-0.05, 0) is 44.2 Å². The number of amides is 3. The van der Waals surface area contributed by atoms with Crippen LogP contribution >= 0.6 is 0 Å². The second-order valence-electron chi connectivity index (χ2n) is 7.97.